The number of benzene rings is 1. The summed E-state index contributed by atoms with van der Waals surface area (Å²) >= 11 is 5.97. The molecule has 19 heavy (non-hydrogen) atoms. The van der Waals surface area contributed by atoms with Crippen LogP contribution in [0.4, 0.5) is 5.69 Å². The van der Waals surface area contributed by atoms with Crippen molar-refractivity contribution in [2.24, 2.45) is 0 Å². The molecule has 0 bridgehead atoms. The molecular formula is C14H19ClN2O2. The number of nitrogens with one attached hydrogen (secondary N) is 2. The molecule has 2 rings (SSSR count). The lowest BCUT2D eigenvalue weighted by Gasteiger charge is -2.23. The van der Waals surface area contributed by atoms with E-state index in [1.807, 2.05) is 13.8 Å². The number of anilines is 1. The minimum Gasteiger partial charge on any atom is -0.492 e. The second-order valence-corrected chi connectivity index (χ2v) is 5.33. The molecule has 0 spiro atoms. The maximum Gasteiger partial charge on any atom is 0.244 e. The van der Waals surface area contributed by atoms with E-state index in [0.717, 1.165) is 19.4 Å². The van der Waals surface area contributed by atoms with Crippen LogP contribution in [0.25, 0.3) is 0 Å². The van der Waals surface area contributed by atoms with Crippen molar-refractivity contribution in [3.05, 3.63) is 23.2 Å². The molecule has 1 heterocycles. The second kappa shape index (κ2) is 5.80. The van der Waals surface area contributed by atoms with Crippen molar-refractivity contribution in [2.75, 3.05) is 18.5 Å². The maximum absolute atomic E-state index is 12.3. The molecule has 0 saturated carbocycles. The molecule has 1 saturated heterocycles. The van der Waals surface area contributed by atoms with Crippen molar-refractivity contribution in [3.8, 4) is 5.75 Å². The fourth-order valence-electron chi connectivity index (χ4n) is 2.23. The third kappa shape index (κ3) is 3.19. The Hall–Kier alpha value is -1.26. The zero-order chi connectivity index (χ0) is 13.9. The molecule has 1 fully saturated rings. The van der Waals surface area contributed by atoms with Crippen LogP contribution in [-0.2, 0) is 4.79 Å². The lowest BCUT2D eigenvalue weighted by atomic mass is 9.99. The van der Waals surface area contributed by atoms with Crippen LogP contribution in [-0.4, -0.2) is 24.6 Å². The molecule has 0 aliphatic carbocycles. The summed E-state index contributed by atoms with van der Waals surface area (Å²) in [6, 6.07) is 5.23. The van der Waals surface area contributed by atoms with Gasteiger partial charge in [-0.2, -0.15) is 0 Å². The molecule has 1 atom stereocenters. The fraction of sp³-hybridized carbons (Fsp3) is 0.500. The molecule has 1 aromatic carbocycles. The summed E-state index contributed by atoms with van der Waals surface area (Å²) < 4.78 is 5.49. The topological polar surface area (TPSA) is 50.4 Å². The number of hydrogen-bond donors (Lipinski definition) is 2. The van der Waals surface area contributed by atoms with Crippen molar-refractivity contribution in [1.82, 2.24) is 5.32 Å². The standard InChI is InChI=1S/C14H19ClN2O2/c1-3-19-12-6-5-10(15)9-11(12)17-13(18)14(2)7-4-8-16-14/h5-6,9,16H,3-4,7-8H2,1-2H3,(H,17,18). The van der Waals surface area contributed by atoms with Gasteiger partial charge in [-0.1, -0.05) is 11.6 Å². The van der Waals surface area contributed by atoms with Crippen LogP contribution in [0.3, 0.4) is 0 Å². The second-order valence-electron chi connectivity index (χ2n) is 4.89. The minimum absolute atomic E-state index is 0.0479. The molecule has 0 radical (unpaired) electrons. The highest BCUT2D eigenvalue weighted by Crippen LogP contribution is 2.30. The van der Waals surface area contributed by atoms with Crippen molar-refractivity contribution in [1.29, 1.82) is 0 Å². The van der Waals surface area contributed by atoms with Crippen molar-refractivity contribution in [3.63, 3.8) is 0 Å². The Bertz CT molecular complexity index is 471. The monoisotopic (exact) mass is 282 g/mol. The van der Waals surface area contributed by atoms with Gasteiger partial charge in [0.1, 0.15) is 5.75 Å². The highest BCUT2D eigenvalue weighted by Gasteiger charge is 2.36. The summed E-state index contributed by atoms with van der Waals surface area (Å²) in [5.74, 6) is 0.593. The van der Waals surface area contributed by atoms with Gasteiger partial charge in [-0.15, -0.1) is 0 Å². The molecule has 0 aromatic heterocycles. The van der Waals surface area contributed by atoms with E-state index in [0.29, 0.717) is 23.1 Å². The smallest absolute Gasteiger partial charge is 0.244 e. The number of ether oxygens (including phenoxy) is 1. The van der Waals surface area contributed by atoms with Gasteiger partial charge in [0.05, 0.1) is 17.8 Å². The molecule has 1 amide bonds. The SMILES string of the molecule is CCOc1ccc(Cl)cc1NC(=O)C1(C)CCCN1. The first kappa shape index (κ1) is 14.2. The van der Waals surface area contributed by atoms with Gasteiger partial charge in [0, 0.05) is 5.02 Å². The summed E-state index contributed by atoms with van der Waals surface area (Å²) in [5.41, 5.74) is 0.112. The largest absolute Gasteiger partial charge is 0.492 e. The van der Waals surface area contributed by atoms with Crippen molar-refractivity contribution >= 4 is 23.2 Å². The molecule has 1 aromatic rings. The van der Waals surface area contributed by atoms with Gasteiger partial charge in [0.15, 0.2) is 0 Å². The Kier molecular flexibility index (Phi) is 4.32. The molecule has 4 nitrogen and oxygen atoms in total. The number of amides is 1. The van der Waals surface area contributed by atoms with Gasteiger partial charge in [0.25, 0.3) is 0 Å². The van der Waals surface area contributed by atoms with Gasteiger partial charge in [-0.05, 0) is 51.4 Å². The third-order valence-corrected chi connectivity index (χ3v) is 3.59. The predicted molar refractivity (Wildman–Crippen MR) is 76.9 cm³/mol. The first-order valence-electron chi connectivity index (χ1n) is 6.54. The normalized spacial score (nSPS) is 22.3. The molecule has 1 unspecified atom stereocenters. The zero-order valence-corrected chi connectivity index (χ0v) is 12.0. The molecule has 1 aliphatic rings. The van der Waals surface area contributed by atoms with E-state index < -0.39 is 5.54 Å². The number of hydrogen-bond acceptors (Lipinski definition) is 3. The predicted octanol–water partition coefficient (Wildman–Crippen LogP) is 2.82. The van der Waals surface area contributed by atoms with E-state index in [1.165, 1.54) is 0 Å². The fourth-order valence-corrected chi connectivity index (χ4v) is 2.40. The quantitative estimate of drug-likeness (QED) is 0.893. The van der Waals surface area contributed by atoms with Gasteiger partial charge in [-0.3, -0.25) is 4.79 Å². The highest BCUT2D eigenvalue weighted by molar-refractivity contribution is 6.31. The lowest BCUT2D eigenvalue weighted by molar-refractivity contribution is -0.121. The summed E-state index contributed by atoms with van der Waals surface area (Å²) in [5, 5.41) is 6.71. The Morgan fingerprint density at radius 2 is 2.37 bits per heavy atom. The van der Waals surface area contributed by atoms with Crippen LogP contribution in [0, 0.1) is 0 Å². The molecule has 1 aliphatic heterocycles. The number of carbonyl (C=O) groups excluding carboxylic acids is 1. The molecular weight excluding hydrogens is 264 g/mol. The first-order valence-corrected chi connectivity index (χ1v) is 6.92. The van der Waals surface area contributed by atoms with Gasteiger partial charge in [-0.25, -0.2) is 0 Å². The number of carbonyl (C=O) groups is 1. The molecule has 104 valence electrons. The van der Waals surface area contributed by atoms with E-state index in [9.17, 15) is 4.79 Å². The molecule has 5 heteroatoms. The van der Waals surface area contributed by atoms with Crippen LogP contribution in [0.5, 0.6) is 5.75 Å². The minimum atomic E-state index is -0.508. The molecule has 2 N–H and O–H groups in total. The Morgan fingerprint density at radius 3 is 3.00 bits per heavy atom. The number of halogens is 1. The zero-order valence-electron chi connectivity index (χ0n) is 11.3. The van der Waals surface area contributed by atoms with E-state index in [2.05, 4.69) is 10.6 Å². The Balaban J connectivity index is 2.17. The third-order valence-electron chi connectivity index (χ3n) is 3.36. The van der Waals surface area contributed by atoms with Crippen LogP contribution in [0.1, 0.15) is 26.7 Å². The van der Waals surface area contributed by atoms with E-state index >= 15 is 0 Å². The van der Waals surface area contributed by atoms with Crippen LogP contribution < -0.4 is 15.4 Å². The summed E-state index contributed by atoms with van der Waals surface area (Å²) in [6.45, 7) is 5.23. The van der Waals surface area contributed by atoms with E-state index in [4.69, 9.17) is 16.3 Å². The van der Waals surface area contributed by atoms with E-state index in [1.54, 1.807) is 18.2 Å². The van der Waals surface area contributed by atoms with Gasteiger partial charge < -0.3 is 15.4 Å². The van der Waals surface area contributed by atoms with Crippen LogP contribution >= 0.6 is 11.6 Å². The van der Waals surface area contributed by atoms with Gasteiger partial charge in [0.2, 0.25) is 5.91 Å². The Morgan fingerprint density at radius 1 is 1.58 bits per heavy atom. The van der Waals surface area contributed by atoms with Crippen LogP contribution in [0.2, 0.25) is 5.02 Å². The van der Waals surface area contributed by atoms with E-state index in [-0.39, 0.29) is 5.91 Å². The van der Waals surface area contributed by atoms with Gasteiger partial charge >= 0.3 is 0 Å². The summed E-state index contributed by atoms with van der Waals surface area (Å²) in [6.07, 6.45) is 1.85. The first-order chi connectivity index (χ1) is 9.05. The summed E-state index contributed by atoms with van der Waals surface area (Å²) in [7, 11) is 0. The average Bonchev–Trinajstić information content (AvgIpc) is 2.81. The highest BCUT2D eigenvalue weighted by atomic mass is 35.5. The lowest BCUT2D eigenvalue weighted by Crippen LogP contribution is -2.48. The average molecular weight is 283 g/mol. The van der Waals surface area contributed by atoms with Crippen molar-refractivity contribution < 1.29 is 9.53 Å². The summed E-state index contributed by atoms with van der Waals surface area (Å²) in [4.78, 5) is 12.3. The maximum atomic E-state index is 12.3. The Labute approximate surface area is 118 Å². The number of rotatable bonds is 4. The van der Waals surface area contributed by atoms with Crippen molar-refractivity contribution in [2.45, 2.75) is 32.2 Å². The van der Waals surface area contributed by atoms with Crippen LogP contribution in [0.15, 0.2) is 18.2 Å².